The molecule has 4 aromatic rings. The molecule has 0 bridgehead atoms. The average molecular weight is 490 g/mol. The highest BCUT2D eigenvalue weighted by Gasteiger charge is 2.41. The standard InChI is InChI=1S/C25H19ClF3NO4/c1-30(13-15-7-3-2-4-8-15)14-17-19(31)12-11-16-21(32)23(24(25(27,28)29)34-22(16)17)33-20-10-6-5-9-18(20)26/h2-12,31H,13-14H2,1H3. The molecule has 1 heterocycles. The van der Waals surface area contributed by atoms with Gasteiger partial charge in [-0.3, -0.25) is 4.79 Å². The summed E-state index contributed by atoms with van der Waals surface area (Å²) in [5.41, 5.74) is -0.474. The molecule has 0 fully saturated rings. The van der Waals surface area contributed by atoms with Crippen molar-refractivity contribution in [3.63, 3.8) is 0 Å². The predicted octanol–water partition coefficient (Wildman–Crippen LogP) is 4.55. The lowest BCUT2D eigenvalue weighted by molar-refractivity contribution is -0.907. The number of hydrogen-bond acceptors (Lipinski definition) is 4. The second kappa shape index (κ2) is 9.40. The SMILES string of the molecule is C[NH+](Cc1ccccc1)Cc1c([O-])ccc2c(=O)c(Oc3ccccc3Cl)c(C(F)(F)F)oc12. The van der Waals surface area contributed by atoms with E-state index in [4.69, 9.17) is 20.8 Å². The molecule has 0 radical (unpaired) electrons. The summed E-state index contributed by atoms with van der Waals surface area (Å²) in [4.78, 5) is 13.9. The average Bonchev–Trinajstić information content (AvgIpc) is 2.78. The van der Waals surface area contributed by atoms with Gasteiger partial charge in [0.2, 0.25) is 11.2 Å². The molecular weight excluding hydrogens is 471 g/mol. The third-order valence-corrected chi connectivity index (χ3v) is 5.52. The van der Waals surface area contributed by atoms with Crippen molar-refractivity contribution in [2.24, 2.45) is 0 Å². The largest absolute Gasteiger partial charge is 0.872 e. The van der Waals surface area contributed by atoms with Crippen molar-refractivity contribution in [2.45, 2.75) is 19.3 Å². The summed E-state index contributed by atoms with van der Waals surface area (Å²) >= 11 is 6.00. The topological polar surface area (TPSA) is 66.9 Å². The maximum absolute atomic E-state index is 13.9. The Hall–Kier alpha value is -3.49. The molecule has 0 amide bonds. The zero-order valence-electron chi connectivity index (χ0n) is 17.9. The van der Waals surface area contributed by atoms with Gasteiger partial charge >= 0.3 is 6.18 Å². The highest BCUT2D eigenvalue weighted by molar-refractivity contribution is 6.32. The molecule has 0 saturated carbocycles. The van der Waals surface area contributed by atoms with Gasteiger partial charge in [0.1, 0.15) is 24.4 Å². The fourth-order valence-corrected chi connectivity index (χ4v) is 3.85. The van der Waals surface area contributed by atoms with E-state index in [1.165, 1.54) is 18.2 Å². The Morgan fingerprint density at radius 3 is 2.35 bits per heavy atom. The zero-order valence-corrected chi connectivity index (χ0v) is 18.7. The van der Waals surface area contributed by atoms with Gasteiger partial charge in [-0.15, -0.1) is 0 Å². The van der Waals surface area contributed by atoms with Crippen molar-refractivity contribution >= 4 is 22.6 Å². The minimum Gasteiger partial charge on any atom is -0.872 e. The number of alkyl halides is 3. The third kappa shape index (κ3) is 4.88. The molecule has 1 atom stereocenters. The Morgan fingerprint density at radius 1 is 1.00 bits per heavy atom. The summed E-state index contributed by atoms with van der Waals surface area (Å²) in [6.45, 7) is 0.566. The highest BCUT2D eigenvalue weighted by Crippen LogP contribution is 2.40. The Balaban J connectivity index is 1.83. The quantitative estimate of drug-likeness (QED) is 0.431. The Bertz CT molecular complexity index is 1390. The van der Waals surface area contributed by atoms with E-state index in [2.05, 4.69) is 0 Å². The molecule has 1 N–H and O–H groups in total. The Kier molecular flexibility index (Phi) is 6.54. The van der Waals surface area contributed by atoms with E-state index in [1.54, 1.807) is 13.1 Å². The monoisotopic (exact) mass is 489 g/mol. The van der Waals surface area contributed by atoms with E-state index >= 15 is 0 Å². The molecule has 0 aliphatic carbocycles. The first-order valence-electron chi connectivity index (χ1n) is 10.3. The summed E-state index contributed by atoms with van der Waals surface area (Å²) < 4.78 is 52.2. The number of rotatable bonds is 6. The third-order valence-electron chi connectivity index (χ3n) is 5.21. The van der Waals surface area contributed by atoms with Gasteiger partial charge in [-0.2, -0.15) is 13.2 Å². The fraction of sp³-hybridized carbons (Fsp3) is 0.160. The number of para-hydroxylation sites is 1. The van der Waals surface area contributed by atoms with Gasteiger partial charge in [-0.1, -0.05) is 65.9 Å². The van der Waals surface area contributed by atoms with Crippen LogP contribution in [0.2, 0.25) is 5.02 Å². The van der Waals surface area contributed by atoms with Crippen LogP contribution in [-0.4, -0.2) is 7.05 Å². The van der Waals surface area contributed by atoms with Gasteiger partial charge in [0.05, 0.1) is 17.5 Å². The smallest absolute Gasteiger partial charge is 0.453 e. The molecule has 1 aromatic heterocycles. The van der Waals surface area contributed by atoms with Crippen LogP contribution in [0.1, 0.15) is 16.9 Å². The molecule has 176 valence electrons. The van der Waals surface area contributed by atoms with Crippen molar-refractivity contribution in [3.8, 4) is 17.2 Å². The first kappa shape index (κ1) is 23.7. The van der Waals surface area contributed by atoms with E-state index in [0.717, 1.165) is 22.6 Å². The van der Waals surface area contributed by atoms with Crippen molar-refractivity contribution in [2.75, 3.05) is 7.05 Å². The summed E-state index contributed by atoms with van der Waals surface area (Å²) in [5.74, 6) is -3.31. The van der Waals surface area contributed by atoms with Gasteiger partial charge in [0.15, 0.2) is 0 Å². The fourth-order valence-electron chi connectivity index (χ4n) is 3.67. The lowest BCUT2D eigenvalue weighted by atomic mass is 10.1. The Labute approximate surface area is 197 Å². The number of halogens is 4. The van der Waals surface area contributed by atoms with Crippen LogP contribution in [0, 0.1) is 0 Å². The minimum atomic E-state index is -5.05. The molecule has 3 aromatic carbocycles. The lowest BCUT2D eigenvalue weighted by Gasteiger charge is -2.21. The van der Waals surface area contributed by atoms with Crippen LogP contribution in [0.5, 0.6) is 17.2 Å². The zero-order chi connectivity index (χ0) is 24.5. The highest BCUT2D eigenvalue weighted by atomic mass is 35.5. The summed E-state index contributed by atoms with van der Waals surface area (Å²) in [5, 5.41) is 12.5. The number of fused-ring (bicyclic) bond motifs is 1. The molecule has 0 aliphatic heterocycles. The molecule has 5 nitrogen and oxygen atoms in total. The maximum Gasteiger partial charge on any atom is 0.453 e. The van der Waals surface area contributed by atoms with Crippen LogP contribution in [-0.2, 0) is 19.3 Å². The van der Waals surface area contributed by atoms with E-state index < -0.39 is 34.4 Å². The number of ether oxygens (including phenoxy) is 1. The summed E-state index contributed by atoms with van der Waals surface area (Å²) in [6.07, 6.45) is -5.05. The number of benzene rings is 3. The van der Waals surface area contributed by atoms with Crippen LogP contribution >= 0.6 is 11.6 Å². The van der Waals surface area contributed by atoms with Crippen LogP contribution in [0.3, 0.4) is 0 Å². The second-order valence-electron chi connectivity index (χ2n) is 7.83. The van der Waals surface area contributed by atoms with Crippen molar-refractivity contribution in [1.29, 1.82) is 0 Å². The van der Waals surface area contributed by atoms with Crippen LogP contribution < -0.4 is 20.2 Å². The molecule has 0 aliphatic rings. The summed E-state index contributed by atoms with van der Waals surface area (Å²) in [7, 11) is 1.79. The van der Waals surface area contributed by atoms with Crippen molar-refractivity contribution in [1.82, 2.24) is 0 Å². The Morgan fingerprint density at radius 2 is 1.68 bits per heavy atom. The van der Waals surface area contributed by atoms with E-state index in [0.29, 0.717) is 6.54 Å². The molecule has 34 heavy (non-hydrogen) atoms. The van der Waals surface area contributed by atoms with E-state index in [-0.39, 0.29) is 28.3 Å². The lowest BCUT2D eigenvalue weighted by Crippen LogP contribution is -3.06. The van der Waals surface area contributed by atoms with Gasteiger partial charge in [0, 0.05) is 11.1 Å². The van der Waals surface area contributed by atoms with Crippen LogP contribution in [0.15, 0.2) is 75.9 Å². The molecule has 1 unspecified atom stereocenters. The maximum atomic E-state index is 13.9. The minimum absolute atomic E-state index is 0.0159. The number of quaternary nitrogens is 1. The molecular formula is C25H19ClF3NO4. The van der Waals surface area contributed by atoms with E-state index in [9.17, 15) is 23.1 Å². The van der Waals surface area contributed by atoms with Crippen molar-refractivity contribution < 1.29 is 32.3 Å². The summed E-state index contributed by atoms with van der Waals surface area (Å²) in [6, 6.07) is 17.5. The first-order chi connectivity index (χ1) is 16.1. The normalized spacial score (nSPS) is 12.6. The van der Waals surface area contributed by atoms with Gasteiger partial charge in [-0.05, 0) is 18.2 Å². The van der Waals surface area contributed by atoms with Gasteiger partial charge < -0.3 is 19.2 Å². The second-order valence-corrected chi connectivity index (χ2v) is 8.24. The first-order valence-corrected chi connectivity index (χ1v) is 10.7. The number of hydrogen-bond donors (Lipinski definition) is 1. The predicted molar refractivity (Wildman–Crippen MR) is 119 cm³/mol. The van der Waals surface area contributed by atoms with Crippen LogP contribution in [0.25, 0.3) is 11.0 Å². The molecule has 4 rings (SSSR count). The molecule has 9 heteroatoms. The van der Waals surface area contributed by atoms with Crippen LogP contribution in [0.4, 0.5) is 13.2 Å². The molecule has 0 spiro atoms. The van der Waals surface area contributed by atoms with Crippen molar-refractivity contribution in [3.05, 3.63) is 98.9 Å². The molecule has 0 saturated heterocycles. The van der Waals surface area contributed by atoms with Gasteiger partial charge in [-0.25, -0.2) is 0 Å². The number of nitrogens with one attached hydrogen (secondary N) is 1. The van der Waals surface area contributed by atoms with Gasteiger partial charge in [0.25, 0.3) is 5.76 Å². The van der Waals surface area contributed by atoms with E-state index in [1.807, 2.05) is 30.3 Å².